The quantitative estimate of drug-likeness (QED) is 0.216. The van der Waals surface area contributed by atoms with E-state index in [0.29, 0.717) is 34.1 Å². The third kappa shape index (κ3) is 5.48. The van der Waals surface area contributed by atoms with Crippen LogP contribution >= 0.6 is 0 Å². The van der Waals surface area contributed by atoms with Crippen molar-refractivity contribution in [2.45, 2.75) is 52.2 Å². The summed E-state index contributed by atoms with van der Waals surface area (Å²) in [5.41, 5.74) is 2.56. The largest absolute Gasteiger partial charge is 0.507 e. The molecule has 204 valence electrons. The van der Waals surface area contributed by atoms with Crippen LogP contribution < -0.4 is 19.1 Å². The molecule has 1 amide bonds. The molecule has 1 heterocycles. The van der Waals surface area contributed by atoms with Gasteiger partial charge in [-0.3, -0.25) is 14.5 Å². The van der Waals surface area contributed by atoms with E-state index >= 15 is 0 Å². The Morgan fingerprint density at radius 1 is 0.872 bits per heavy atom. The van der Waals surface area contributed by atoms with Gasteiger partial charge in [0.05, 0.1) is 31.9 Å². The highest BCUT2D eigenvalue weighted by Gasteiger charge is 2.47. The third-order valence-electron chi connectivity index (χ3n) is 6.68. The van der Waals surface area contributed by atoms with Gasteiger partial charge in [-0.05, 0) is 72.9 Å². The van der Waals surface area contributed by atoms with Crippen LogP contribution in [-0.4, -0.2) is 37.1 Å². The molecule has 1 atom stereocenters. The number of ketones is 1. The summed E-state index contributed by atoms with van der Waals surface area (Å²) in [5, 5.41) is 11.5. The lowest BCUT2D eigenvalue weighted by Crippen LogP contribution is -2.29. The smallest absolute Gasteiger partial charge is 0.300 e. The van der Waals surface area contributed by atoms with Crippen molar-refractivity contribution in [3.05, 3.63) is 89.0 Å². The number of Topliss-reactive ketones (excluding diaryl/α,β-unsaturated/α-hetero) is 1. The number of amides is 1. The number of benzene rings is 3. The molecule has 39 heavy (non-hydrogen) atoms. The first-order valence-corrected chi connectivity index (χ1v) is 12.9. The van der Waals surface area contributed by atoms with Crippen LogP contribution in [0.1, 0.15) is 57.4 Å². The van der Waals surface area contributed by atoms with Gasteiger partial charge in [0.15, 0.2) is 11.5 Å². The zero-order valence-electron chi connectivity index (χ0n) is 23.4. The number of aliphatic hydroxyl groups excluding tert-OH is 1. The van der Waals surface area contributed by atoms with Crippen molar-refractivity contribution in [1.82, 2.24) is 0 Å². The molecule has 1 N–H and O–H groups in total. The molecular weight excluding hydrogens is 494 g/mol. The van der Waals surface area contributed by atoms with E-state index in [2.05, 4.69) is 20.8 Å². The van der Waals surface area contributed by atoms with Crippen LogP contribution in [0.5, 0.6) is 17.2 Å². The van der Waals surface area contributed by atoms with Crippen LogP contribution in [-0.2, 0) is 15.0 Å². The number of ether oxygens (including phenoxy) is 3. The Labute approximate surface area is 229 Å². The van der Waals surface area contributed by atoms with Crippen molar-refractivity contribution in [3.63, 3.8) is 0 Å². The van der Waals surface area contributed by atoms with Crippen molar-refractivity contribution in [1.29, 1.82) is 0 Å². The Hall–Kier alpha value is -4.26. The second-order valence-corrected chi connectivity index (χ2v) is 10.8. The zero-order chi connectivity index (χ0) is 28.5. The average Bonchev–Trinajstić information content (AvgIpc) is 3.17. The Morgan fingerprint density at radius 2 is 1.49 bits per heavy atom. The maximum absolute atomic E-state index is 13.5. The van der Waals surface area contributed by atoms with Gasteiger partial charge in [-0.1, -0.05) is 45.0 Å². The molecule has 7 nitrogen and oxygen atoms in total. The maximum atomic E-state index is 13.5. The Morgan fingerprint density at radius 3 is 2.03 bits per heavy atom. The number of hydrogen-bond acceptors (Lipinski definition) is 6. The fourth-order valence-corrected chi connectivity index (χ4v) is 4.68. The van der Waals surface area contributed by atoms with Crippen LogP contribution in [0.4, 0.5) is 5.69 Å². The number of carbonyl (C=O) groups excluding carboxylic acids is 2. The van der Waals surface area contributed by atoms with E-state index in [0.717, 1.165) is 5.56 Å². The molecule has 0 aromatic heterocycles. The Kier molecular flexibility index (Phi) is 7.72. The molecule has 1 fully saturated rings. The van der Waals surface area contributed by atoms with E-state index in [-0.39, 0.29) is 22.9 Å². The van der Waals surface area contributed by atoms with Gasteiger partial charge in [0, 0.05) is 11.3 Å². The molecule has 1 aliphatic heterocycles. The molecule has 0 radical (unpaired) electrons. The fraction of sp³-hybridized carbons (Fsp3) is 0.312. The molecule has 1 unspecified atom stereocenters. The molecular formula is C32H35NO6. The summed E-state index contributed by atoms with van der Waals surface area (Å²) in [6.07, 6.45) is -0.00660. The van der Waals surface area contributed by atoms with Crippen molar-refractivity contribution < 1.29 is 28.9 Å². The molecule has 3 aromatic rings. The molecule has 1 aliphatic rings. The lowest BCUT2D eigenvalue weighted by molar-refractivity contribution is -0.132. The minimum Gasteiger partial charge on any atom is -0.507 e. The Balaban J connectivity index is 1.89. The summed E-state index contributed by atoms with van der Waals surface area (Å²) >= 11 is 0. The van der Waals surface area contributed by atoms with Crippen LogP contribution in [0, 0.1) is 0 Å². The highest BCUT2D eigenvalue weighted by atomic mass is 16.5. The first kappa shape index (κ1) is 27.8. The lowest BCUT2D eigenvalue weighted by Gasteiger charge is -2.27. The Bertz CT molecular complexity index is 1400. The van der Waals surface area contributed by atoms with Crippen molar-refractivity contribution in [3.8, 4) is 17.2 Å². The molecule has 0 bridgehead atoms. The van der Waals surface area contributed by atoms with Gasteiger partial charge in [-0.25, -0.2) is 0 Å². The first-order chi connectivity index (χ1) is 18.5. The van der Waals surface area contributed by atoms with E-state index in [4.69, 9.17) is 14.2 Å². The number of hydrogen-bond donors (Lipinski definition) is 1. The standard InChI is InChI=1S/C32H35NO6/c1-19(2)39-24-15-8-20(9-16-24)28-27(29(34)21-10-17-25(37-6)26(18-21)38-7)30(35)31(36)33(28)23-13-11-22(12-14-23)32(3,4)5/h8-19,28,34H,1-7H3/b29-27-. The molecule has 0 saturated carbocycles. The van der Waals surface area contributed by atoms with Crippen LogP contribution in [0.3, 0.4) is 0 Å². The number of aliphatic hydroxyl groups is 1. The van der Waals surface area contributed by atoms with E-state index in [1.54, 1.807) is 30.3 Å². The van der Waals surface area contributed by atoms with E-state index in [1.165, 1.54) is 19.1 Å². The summed E-state index contributed by atoms with van der Waals surface area (Å²) in [6.45, 7) is 10.2. The van der Waals surface area contributed by atoms with E-state index < -0.39 is 17.7 Å². The van der Waals surface area contributed by atoms with Crippen LogP contribution in [0.15, 0.2) is 72.3 Å². The lowest BCUT2D eigenvalue weighted by atomic mass is 9.87. The molecule has 7 heteroatoms. The molecule has 4 rings (SSSR count). The minimum absolute atomic E-state index is 0.00660. The highest BCUT2D eigenvalue weighted by Crippen LogP contribution is 2.43. The SMILES string of the molecule is COc1ccc(/C(O)=C2/C(=O)C(=O)N(c3ccc(C(C)(C)C)cc3)C2c2ccc(OC(C)C)cc2)cc1OC. The zero-order valence-corrected chi connectivity index (χ0v) is 23.4. The van der Waals surface area contributed by atoms with Crippen LogP contribution in [0.2, 0.25) is 0 Å². The first-order valence-electron chi connectivity index (χ1n) is 12.9. The highest BCUT2D eigenvalue weighted by molar-refractivity contribution is 6.51. The summed E-state index contributed by atoms with van der Waals surface area (Å²) in [6, 6.07) is 18.8. The summed E-state index contributed by atoms with van der Waals surface area (Å²) in [5.74, 6) is -0.246. The van der Waals surface area contributed by atoms with Crippen molar-refractivity contribution in [2.24, 2.45) is 0 Å². The fourth-order valence-electron chi connectivity index (χ4n) is 4.68. The van der Waals surface area contributed by atoms with Gasteiger partial charge in [0.25, 0.3) is 11.7 Å². The second-order valence-electron chi connectivity index (χ2n) is 10.8. The summed E-state index contributed by atoms with van der Waals surface area (Å²) < 4.78 is 16.5. The second kappa shape index (κ2) is 10.8. The monoisotopic (exact) mass is 529 g/mol. The normalized spacial score (nSPS) is 17.0. The summed E-state index contributed by atoms with van der Waals surface area (Å²) in [7, 11) is 3.00. The van der Waals surface area contributed by atoms with Crippen molar-refractivity contribution in [2.75, 3.05) is 19.1 Å². The van der Waals surface area contributed by atoms with Gasteiger partial charge < -0.3 is 19.3 Å². The number of rotatable bonds is 7. The van der Waals surface area contributed by atoms with Crippen molar-refractivity contribution >= 4 is 23.1 Å². The number of carbonyl (C=O) groups is 2. The van der Waals surface area contributed by atoms with Gasteiger partial charge in [0.1, 0.15) is 11.5 Å². The van der Waals surface area contributed by atoms with Gasteiger partial charge >= 0.3 is 0 Å². The average molecular weight is 530 g/mol. The third-order valence-corrected chi connectivity index (χ3v) is 6.68. The number of anilines is 1. The molecule has 0 spiro atoms. The topological polar surface area (TPSA) is 85.3 Å². The maximum Gasteiger partial charge on any atom is 0.300 e. The predicted molar refractivity (Wildman–Crippen MR) is 152 cm³/mol. The minimum atomic E-state index is -0.855. The molecule has 3 aromatic carbocycles. The summed E-state index contributed by atoms with van der Waals surface area (Å²) in [4.78, 5) is 28.5. The van der Waals surface area contributed by atoms with Gasteiger partial charge in [-0.2, -0.15) is 0 Å². The molecule has 1 saturated heterocycles. The number of methoxy groups -OCH3 is 2. The van der Waals surface area contributed by atoms with Gasteiger partial charge in [0.2, 0.25) is 0 Å². The number of nitrogens with zero attached hydrogens (tertiary/aromatic N) is 1. The van der Waals surface area contributed by atoms with Gasteiger partial charge in [-0.15, -0.1) is 0 Å². The van der Waals surface area contributed by atoms with E-state index in [1.807, 2.05) is 50.2 Å². The molecule has 0 aliphatic carbocycles. The van der Waals surface area contributed by atoms with E-state index in [9.17, 15) is 14.7 Å². The van der Waals surface area contributed by atoms with Crippen LogP contribution in [0.25, 0.3) is 5.76 Å². The predicted octanol–water partition coefficient (Wildman–Crippen LogP) is 6.41.